The summed E-state index contributed by atoms with van der Waals surface area (Å²) in [5.41, 5.74) is 2.57. The molecule has 0 amide bonds. The first kappa shape index (κ1) is 50.1. The van der Waals surface area contributed by atoms with Gasteiger partial charge in [0.25, 0.3) is 7.82 Å². The fourth-order valence-corrected chi connectivity index (χ4v) is 7.32. The van der Waals surface area contributed by atoms with E-state index >= 15 is 0 Å². The van der Waals surface area contributed by atoms with Gasteiger partial charge in [-0.1, -0.05) is 90.2 Å². The third-order valence-electron chi connectivity index (χ3n) is 10.4. The molecule has 1 aliphatic heterocycles. The zero-order chi connectivity index (χ0) is 41.2. The smallest absolute Gasteiger partial charge is 0.306 e. The van der Waals surface area contributed by atoms with Gasteiger partial charge < -0.3 is 37.1 Å². The van der Waals surface area contributed by atoms with Crippen molar-refractivity contribution >= 4 is 19.8 Å². The lowest BCUT2D eigenvalue weighted by atomic mass is 10.0. The number of esters is 2. The normalized spacial score (nSPS) is 17.3. The number of ether oxygens (including phenoxy) is 3. The molecule has 3 unspecified atom stereocenters. The highest BCUT2D eigenvalue weighted by Gasteiger charge is 2.36. The van der Waals surface area contributed by atoms with E-state index in [-0.39, 0.29) is 26.1 Å². The van der Waals surface area contributed by atoms with Crippen molar-refractivity contribution in [2.24, 2.45) is 0 Å². The zero-order valence-corrected chi connectivity index (χ0v) is 37.1. The van der Waals surface area contributed by atoms with E-state index in [4.69, 9.17) is 27.7 Å². The van der Waals surface area contributed by atoms with Gasteiger partial charge in [0, 0.05) is 25.7 Å². The first-order valence-electron chi connectivity index (χ1n) is 21.9. The number of phosphoric ester groups is 1. The first-order valence-corrected chi connectivity index (χ1v) is 23.3. The summed E-state index contributed by atoms with van der Waals surface area (Å²) in [6, 6.07) is 0. The van der Waals surface area contributed by atoms with Crippen molar-refractivity contribution in [3.63, 3.8) is 0 Å². The summed E-state index contributed by atoms with van der Waals surface area (Å²) < 4.78 is 45.9. The highest BCUT2D eigenvalue weighted by molar-refractivity contribution is 7.45. The van der Waals surface area contributed by atoms with E-state index in [2.05, 4.69) is 39.8 Å². The second-order valence-corrected chi connectivity index (χ2v) is 18.1. The number of rotatable bonds is 35. The molecule has 0 saturated carbocycles. The minimum absolute atomic E-state index is 0.0439. The molecule has 1 aromatic heterocycles. The third-order valence-corrected chi connectivity index (χ3v) is 11.3. The zero-order valence-electron chi connectivity index (χ0n) is 36.2. The number of furan rings is 1. The van der Waals surface area contributed by atoms with Crippen LogP contribution in [0.2, 0.25) is 0 Å². The van der Waals surface area contributed by atoms with E-state index in [9.17, 15) is 19.0 Å². The summed E-state index contributed by atoms with van der Waals surface area (Å²) in [6.07, 6.45) is 25.4. The van der Waals surface area contributed by atoms with Crippen LogP contribution < -0.4 is 4.89 Å². The number of quaternary nitrogens is 1. The molecule has 0 aromatic carbocycles. The molecule has 1 fully saturated rings. The summed E-state index contributed by atoms with van der Waals surface area (Å²) in [5.74, 6) is 1.35. The maximum Gasteiger partial charge on any atom is 0.306 e. The Hall–Kier alpha value is -2.01. The van der Waals surface area contributed by atoms with Gasteiger partial charge in [-0.05, 0) is 76.3 Å². The Labute approximate surface area is 339 Å². The lowest BCUT2D eigenvalue weighted by Crippen LogP contribution is -2.37. The summed E-state index contributed by atoms with van der Waals surface area (Å²) in [6.45, 7) is 8.33. The second-order valence-electron chi connectivity index (χ2n) is 16.7. The largest absolute Gasteiger partial charge is 0.756 e. The number of hydrogen-bond donors (Lipinski definition) is 0. The number of nitrogens with zero attached hydrogens (tertiary/aromatic N) is 1. The van der Waals surface area contributed by atoms with Gasteiger partial charge in [0.15, 0.2) is 6.10 Å². The number of carbonyl (C=O) groups excluding carboxylic acids is 2. The van der Waals surface area contributed by atoms with Crippen LogP contribution in [0.5, 0.6) is 0 Å². The molecule has 12 heteroatoms. The monoisotopic (exact) mass is 812 g/mol. The minimum Gasteiger partial charge on any atom is -0.756 e. The third kappa shape index (κ3) is 24.0. The van der Waals surface area contributed by atoms with Gasteiger partial charge in [-0.2, -0.15) is 0 Å². The fraction of sp³-hybridized carbons (Fsp3) is 0.818. The lowest BCUT2D eigenvalue weighted by Gasteiger charge is -2.28. The average molecular weight is 812 g/mol. The van der Waals surface area contributed by atoms with Crippen LogP contribution in [0.25, 0.3) is 0 Å². The van der Waals surface area contributed by atoms with Crippen molar-refractivity contribution in [2.75, 3.05) is 47.5 Å². The van der Waals surface area contributed by atoms with Crippen LogP contribution >= 0.6 is 7.82 Å². The Morgan fingerprint density at radius 2 is 1.38 bits per heavy atom. The van der Waals surface area contributed by atoms with Crippen molar-refractivity contribution in [3.8, 4) is 0 Å². The Morgan fingerprint density at radius 3 is 2.04 bits per heavy atom. The van der Waals surface area contributed by atoms with E-state index in [0.29, 0.717) is 36.1 Å². The molecule has 0 aliphatic carbocycles. The standard InChI is InChI=1S/C44H78NO10P/c1-8-10-11-12-16-22-28-41-42(55-41)29-23-18-15-20-25-31-44(47)53-38(35-52-56(48,49)51-33-32-45(5,6)7)34-50-43(46)30-24-19-14-13-17-21-27-40-37(4)36(3)39(54-40)26-9-2/h16,22,38,41-42H,8-15,17-21,23-35H2,1-7H3/b22-16-/t38-,41?,42?/m1/s1. The van der Waals surface area contributed by atoms with Gasteiger partial charge in [0.2, 0.25) is 0 Å². The van der Waals surface area contributed by atoms with Crippen LogP contribution in [-0.2, 0) is 50.3 Å². The Kier molecular flexibility index (Phi) is 25.4. The van der Waals surface area contributed by atoms with Crippen molar-refractivity contribution < 1.29 is 51.2 Å². The molecule has 324 valence electrons. The average Bonchev–Trinajstić information content (AvgIpc) is 3.84. The van der Waals surface area contributed by atoms with Crippen LogP contribution in [-0.4, -0.2) is 82.2 Å². The van der Waals surface area contributed by atoms with E-state index in [0.717, 1.165) is 108 Å². The molecular formula is C44H78NO10P. The van der Waals surface area contributed by atoms with Crippen molar-refractivity contribution in [1.29, 1.82) is 0 Å². The van der Waals surface area contributed by atoms with E-state index < -0.39 is 32.5 Å². The number of epoxide rings is 1. The fourth-order valence-electron chi connectivity index (χ4n) is 6.59. The first-order chi connectivity index (χ1) is 26.7. The molecule has 56 heavy (non-hydrogen) atoms. The molecule has 4 atom stereocenters. The van der Waals surface area contributed by atoms with Crippen LogP contribution in [0.3, 0.4) is 0 Å². The van der Waals surface area contributed by atoms with Crippen LogP contribution in [0.4, 0.5) is 0 Å². The van der Waals surface area contributed by atoms with Crippen LogP contribution in [0.1, 0.15) is 165 Å². The van der Waals surface area contributed by atoms with Gasteiger partial charge in [0.05, 0.1) is 40.0 Å². The van der Waals surface area contributed by atoms with Gasteiger partial charge in [0.1, 0.15) is 31.3 Å². The summed E-state index contributed by atoms with van der Waals surface area (Å²) in [5, 5.41) is 0. The number of carbonyl (C=O) groups is 2. The molecule has 0 radical (unpaired) electrons. The van der Waals surface area contributed by atoms with Crippen molar-refractivity contribution in [2.45, 2.75) is 187 Å². The molecule has 0 spiro atoms. The predicted octanol–water partition coefficient (Wildman–Crippen LogP) is 9.81. The number of allylic oxidation sites excluding steroid dienone is 1. The number of hydrogen-bond acceptors (Lipinski definition) is 10. The minimum atomic E-state index is -4.65. The van der Waals surface area contributed by atoms with Crippen LogP contribution in [0, 0.1) is 13.8 Å². The van der Waals surface area contributed by atoms with Gasteiger partial charge >= 0.3 is 11.9 Å². The molecule has 1 saturated heterocycles. The van der Waals surface area contributed by atoms with Gasteiger partial charge in [-0.15, -0.1) is 0 Å². The van der Waals surface area contributed by atoms with Crippen molar-refractivity contribution in [1.82, 2.24) is 0 Å². The molecule has 2 rings (SSSR count). The molecule has 2 heterocycles. The summed E-state index contributed by atoms with van der Waals surface area (Å²) in [7, 11) is 1.12. The number of likely N-dealkylation sites (N-methyl/N-ethyl adjacent to an activating group) is 1. The number of aryl methyl sites for hydroxylation is 2. The Bertz CT molecular complexity index is 1310. The second kappa shape index (κ2) is 28.4. The van der Waals surface area contributed by atoms with E-state index in [1.165, 1.54) is 30.4 Å². The highest BCUT2D eigenvalue weighted by atomic mass is 31.2. The number of unbranched alkanes of at least 4 members (excludes halogenated alkanes) is 12. The lowest BCUT2D eigenvalue weighted by molar-refractivity contribution is -0.870. The Balaban J connectivity index is 1.65. The summed E-state index contributed by atoms with van der Waals surface area (Å²) >= 11 is 0. The SMILES string of the molecule is CCCCC/C=C\CC1OC1CCCCCCCC(=O)O[C@H](COC(=O)CCCCCCCCc1oc(CCC)c(C)c1C)COP(=O)([O-])OCC[N+](C)(C)C. The molecule has 1 aromatic rings. The predicted molar refractivity (Wildman–Crippen MR) is 220 cm³/mol. The van der Waals surface area contributed by atoms with E-state index in [1.807, 2.05) is 21.1 Å². The highest BCUT2D eigenvalue weighted by Crippen LogP contribution is 2.38. The van der Waals surface area contributed by atoms with Crippen LogP contribution in [0.15, 0.2) is 16.6 Å². The number of phosphoric acid groups is 1. The molecular weight excluding hydrogens is 733 g/mol. The molecule has 0 N–H and O–H groups in total. The van der Waals surface area contributed by atoms with Gasteiger partial charge in [-0.25, -0.2) is 0 Å². The maximum absolute atomic E-state index is 12.7. The van der Waals surface area contributed by atoms with Crippen molar-refractivity contribution in [3.05, 3.63) is 34.8 Å². The molecule has 11 nitrogen and oxygen atoms in total. The molecule has 0 bridgehead atoms. The topological polar surface area (TPSA) is 137 Å². The van der Waals surface area contributed by atoms with Gasteiger partial charge in [-0.3, -0.25) is 14.2 Å². The summed E-state index contributed by atoms with van der Waals surface area (Å²) in [4.78, 5) is 37.7. The Morgan fingerprint density at radius 1 is 0.750 bits per heavy atom. The maximum atomic E-state index is 12.7. The quantitative estimate of drug-likeness (QED) is 0.0163. The molecule has 1 aliphatic rings. The van der Waals surface area contributed by atoms with E-state index in [1.54, 1.807) is 0 Å².